The summed E-state index contributed by atoms with van der Waals surface area (Å²) in [6.07, 6.45) is 5.46. The Morgan fingerprint density at radius 1 is 0.905 bits per heavy atom. The average molecular weight is 283 g/mol. The Balaban J connectivity index is 1.58. The zero-order valence-electron chi connectivity index (χ0n) is 11.3. The number of amides is 2. The summed E-state index contributed by atoms with van der Waals surface area (Å²) in [4.78, 5) is 26.8. The Labute approximate surface area is 121 Å². The number of hydrogen-bond donors (Lipinski definition) is 0. The van der Waals surface area contributed by atoms with E-state index in [1.807, 2.05) is 0 Å². The van der Waals surface area contributed by atoms with Crippen LogP contribution in [-0.2, 0) is 9.59 Å². The van der Waals surface area contributed by atoms with Crippen LogP contribution in [0.3, 0.4) is 0 Å². The molecular weight excluding hydrogens is 269 g/mol. The van der Waals surface area contributed by atoms with Gasteiger partial charge < -0.3 is 0 Å². The van der Waals surface area contributed by atoms with E-state index in [1.54, 1.807) is 0 Å². The second-order valence-electron chi connectivity index (χ2n) is 6.64. The van der Waals surface area contributed by atoms with Crippen molar-refractivity contribution < 1.29 is 14.0 Å². The van der Waals surface area contributed by atoms with Crippen molar-refractivity contribution in [1.82, 2.24) is 0 Å². The highest BCUT2D eigenvalue weighted by atomic mass is 19.1. The minimum Gasteiger partial charge on any atom is -0.274 e. The molecule has 5 aliphatic rings. The molecule has 1 aromatic rings. The first kappa shape index (κ1) is 11.7. The maximum Gasteiger partial charge on any atom is 0.238 e. The molecule has 3 fully saturated rings. The van der Waals surface area contributed by atoms with Crippen molar-refractivity contribution in [2.24, 2.45) is 35.5 Å². The molecular formula is C17H14FNO2. The fraction of sp³-hybridized carbons (Fsp3) is 0.412. The molecule has 1 heterocycles. The molecule has 2 amide bonds. The second kappa shape index (κ2) is 3.62. The largest absolute Gasteiger partial charge is 0.274 e. The first-order chi connectivity index (χ1) is 10.2. The summed E-state index contributed by atoms with van der Waals surface area (Å²) in [5.41, 5.74) is 0.494. The monoisotopic (exact) mass is 283 g/mol. The standard InChI is InChI=1S/C17H14FNO2/c18-8-1-3-9(4-2-8)19-16(20)14-10-5-6-11(13-7-12(10)13)15(14)17(19)21/h1-6,10-15H,7H2/t10-,11-,12-,13+,14-,15+/m1/s1. The Hall–Kier alpha value is -1.97. The molecule has 21 heavy (non-hydrogen) atoms. The molecule has 6 atom stereocenters. The Bertz CT molecular complexity index is 659. The van der Waals surface area contributed by atoms with Gasteiger partial charge in [-0.25, -0.2) is 4.39 Å². The van der Waals surface area contributed by atoms with E-state index in [0.29, 0.717) is 17.5 Å². The number of rotatable bonds is 1. The number of hydrogen-bond acceptors (Lipinski definition) is 2. The van der Waals surface area contributed by atoms with Gasteiger partial charge in [-0.05, 0) is 54.4 Å². The van der Waals surface area contributed by atoms with Crippen LogP contribution in [0.4, 0.5) is 10.1 Å². The molecule has 106 valence electrons. The van der Waals surface area contributed by atoms with Gasteiger partial charge in [-0.2, -0.15) is 0 Å². The summed E-state index contributed by atoms with van der Waals surface area (Å²) >= 11 is 0. The summed E-state index contributed by atoms with van der Waals surface area (Å²) in [7, 11) is 0. The van der Waals surface area contributed by atoms with Crippen molar-refractivity contribution in [3.8, 4) is 0 Å². The quantitative estimate of drug-likeness (QED) is 0.586. The van der Waals surface area contributed by atoms with Crippen LogP contribution in [-0.4, -0.2) is 11.8 Å². The smallest absolute Gasteiger partial charge is 0.238 e. The van der Waals surface area contributed by atoms with Crippen LogP contribution in [0.15, 0.2) is 36.4 Å². The lowest BCUT2D eigenvalue weighted by atomic mass is 9.63. The van der Waals surface area contributed by atoms with Gasteiger partial charge in [-0.15, -0.1) is 0 Å². The SMILES string of the molecule is O=C1[C@@H]2[C@@H]3C=C[C@H]([C@@H]4C[C@H]34)[C@@H]2C(=O)N1c1ccc(F)cc1. The maximum absolute atomic E-state index is 13.1. The Morgan fingerprint density at radius 3 is 1.95 bits per heavy atom. The van der Waals surface area contributed by atoms with Gasteiger partial charge in [-0.3, -0.25) is 14.5 Å². The van der Waals surface area contributed by atoms with Gasteiger partial charge in [0, 0.05) is 0 Å². The van der Waals surface area contributed by atoms with Crippen molar-refractivity contribution in [3.05, 3.63) is 42.2 Å². The van der Waals surface area contributed by atoms with E-state index in [4.69, 9.17) is 0 Å². The van der Waals surface area contributed by atoms with E-state index in [2.05, 4.69) is 12.2 Å². The van der Waals surface area contributed by atoms with E-state index in [1.165, 1.54) is 29.2 Å². The molecule has 4 heteroatoms. The molecule has 2 bridgehead atoms. The van der Waals surface area contributed by atoms with Crippen molar-refractivity contribution >= 4 is 17.5 Å². The van der Waals surface area contributed by atoms with Crippen LogP contribution in [0.5, 0.6) is 0 Å². The molecule has 2 saturated carbocycles. The number of halogens is 1. The summed E-state index contributed by atoms with van der Waals surface area (Å²) in [5, 5.41) is 0. The summed E-state index contributed by atoms with van der Waals surface area (Å²) in [6.45, 7) is 0. The summed E-state index contributed by atoms with van der Waals surface area (Å²) in [6, 6.07) is 5.61. The first-order valence-electron chi connectivity index (χ1n) is 7.48. The molecule has 4 aliphatic carbocycles. The first-order valence-corrected chi connectivity index (χ1v) is 7.48. The number of benzene rings is 1. The third-order valence-corrected chi connectivity index (χ3v) is 5.75. The third-order valence-electron chi connectivity index (χ3n) is 5.75. The van der Waals surface area contributed by atoms with E-state index >= 15 is 0 Å². The highest BCUT2D eigenvalue weighted by Gasteiger charge is 2.67. The van der Waals surface area contributed by atoms with Crippen molar-refractivity contribution in [1.29, 1.82) is 0 Å². The summed E-state index contributed by atoms with van der Waals surface area (Å²) < 4.78 is 13.1. The molecule has 1 aromatic carbocycles. The number of allylic oxidation sites excluding steroid dienone is 2. The lowest BCUT2D eigenvalue weighted by Gasteiger charge is -2.37. The van der Waals surface area contributed by atoms with Crippen molar-refractivity contribution in [2.45, 2.75) is 6.42 Å². The second-order valence-corrected chi connectivity index (χ2v) is 6.64. The van der Waals surface area contributed by atoms with Gasteiger partial charge in [0.05, 0.1) is 17.5 Å². The zero-order chi connectivity index (χ0) is 14.3. The fourth-order valence-corrected chi connectivity index (χ4v) is 4.80. The highest BCUT2D eigenvalue weighted by molar-refractivity contribution is 6.22. The molecule has 1 aliphatic heterocycles. The zero-order valence-corrected chi connectivity index (χ0v) is 11.3. The minimum atomic E-state index is -0.363. The van der Waals surface area contributed by atoms with Crippen LogP contribution in [0.25, 0.3) is 0 Å². The highest BCUT2D eigenvalue weighted by Crippen LogP contribution is 2.65. The van der Waals surface area contributed by atoms with E-state index in [0.717, 1.165) is 6.42 Å². The van der Waals surface area contributed by atoms with Gasteiger partial charge in [-0.1, -0.05) is 12.2 Å². The molecule has 6 rings (SSSR count). The number of nitrogens with zero attached hydrogens (tertiary/aromatic N) is 1. The van der Waals surface area contributed by atoms with Gasteiger partial charge in [0.2, 0.25) is 11.8 Å². The Morgan fingerprint density at radius 2 is 1.43 bits per heavy atom. The number of imide groups is 1. The number of anilines is 1. The molecule has 0 unspecified atom stereocenters. The minimum absolute atomic E-state index is 0.0960. The van der Waals surface area contributed by atoms with E-state index < -0.39 is 0 Å². The topological polar surface area (TPSA) is 37.4 Å². The Kier molecular flexibility index (Phi) is 2.01. The lowest BCUT2D eigenvalue weighted by molar-refractivity contribution is -0.124. The summed E-state index contributed by atoms with van der Waals surface area (Å²) in [5.74, 6) is 0.722. The number of carbonyl (C=O) groups is 2. The van der Waals surface area contributed by atoms with E-state index in [-0.39, 0.29) is 41.3 Å². The maximum atomic E-state index is 13.1. The van der Waals surface area contributed by atoms with Gasteiger partial charge >= 0.3 is 0 Å². The van der Waals surface area contributed by atoms with Crippen LogP contribution >= 0.6 is 0 Å². The molecule has 0 radical (unpaired) electrons. The molecule has 0 spiro atoms. The van der Waals surface area contributed by atoms with Gasteiger partial charge in [0.15, 0.2) is 0 Å². The van der Waals surface area contributed by atoms with Crippen LogP contribution in [0.2, 0.25) is 0 Å². The van der Waals surface area contributed by atoms with E-state index in [9.17, 15) is 14.0 Å². The normalized spacial score (nSPS) is 42.2. The van der Waals surface area contributed by atoms with Crippen molar-refractivity contribution in [3.63, 3.8) is 0 Å². The predicted molar refractivity (Wildman–Crippen MR) is 73.6 cm³/mol. The van der Waals surface area contributed by atoms with Gasteiger partial charge in [0.1, 0.15) is 5.82 Å². The van der Waals surface area contributed by atoms with Gasteiger partial charge in [0.25, 0.3) is 0 Å². The molecule has 0 aromatic heterocycles. The van der Waals surface area contributed by atoms with Crippen LogP contribution < -0.4 is 4.90 Å². The molecule has 3 nitrogen and oxygen atoms in total. The predicted octanol–water partition coefficient (Wildman–Crippen LogP) is 2.38. The lowest BCUT2D eigenvalue weighted by Crippen LogP contribution is -2.40. The molecule has 0 N–H and O–H groups in total. The fourth-order valence-electron chi connectivity index (χ4n) is 4.80. The molecule has 1 saturated heterocycles. The third kappa shape index (κ3) is 1.33. The number of carbonyl (C=O) groups excluding carboxylic acids is 2. The van der Waals surface area contributed by atoms with Crippen LogP contribution in [0.1, 0.15) is 6.42 Å². The van der Waals surface area contributed by atoms with Crippen LogP contribution in [0, 0.1) is 41.3 Å². The van der Waals surface area contributed by atoms with Crippen molar-refractivity contribution in [2.75, 3.05) is 4.90 Å². The average Bonchev–Trinajstić information content (AvgIpc) is 3.26.